The van der Waals surface area contributed by atoms with Crippen LogP contribution in [0.25, 0.3) is 5.76 Å². The lowest BCUT2D eigenvalue weighted by Crippen LogP contribution is -2.30. The number of aliphatic hydroxyl groups is 1. The fraction of sp³-hybridized carbons (Fsp3) is 0.185. The topological polar surface area (TPSA) is 87.1 Å². The van der Waals surface area contributed by atoms with Crippen molar-refractivity contribution in [3.63, 3.8) is 0 Å². The van der Waals surface area contributed by atoms with Crippen LogP contribution in [0.3, 0.4) is 0 Å². The van der Waals surface area contributed by atoms with E-state index in [-0.39, 0.29) is 17.1 Å². The molecule has 3 aromatic carbocycles. The number of nitrogens with zero attached hydrogens (tertiary/aromatic N) is 1. The number of carbonyl (C=O) groups is 2. The Bertz CT molecular complexity index is 1240. The molecule has 0 bridgehead atoms. The SMILES string of the molecule is CCOc1ccc(/C(O)=C2\C(=O)C(=O)N(c3cc(C)ccc3C)C2c2ccc(O)cc2)cc1. The minimum absolute atomic E-state index is 0.00393. The van der Waals surface area contributed by atoms with Crippen LogP contribution in [0.1, 0.15) is 35.2 Å². The van der Waals surface area contributed by atoms with Crippen LogP contribution in [-0.4, -0.2) is 28.5 Å². The molecule has 1 heterocycles. The highest BCUT2D eigenvalue weighted by atomic mass is 16.5. The van der Waals surface area contributed by atoms with Gasteiger partial charge in [0.05, 0.1) is 18.2 Å². The summed E-state index contributed by atoms with van der Waals surface area (Å²) in [5.74, 6) is -1.04. The number of aryl methyl sites for hydroxylation is 2. The lowest BCUT2D eigenvalue weighted by molar-refractivity contribution is -0.132. The average molecular weight is 443 g/mol. The largest absolute Gasteiger partial charge is 0.508 e. The van der Waals surface area contributed by atoms with E-state index in [1.54, 1.807) is 36.4 Å². The van der Waals surface area contributed by atoms with Crippen molar-refractivity contribution in [3.8, 4) is 11.5 Å². The highest BCUT2D eigenvalue weighted by molar-refractivity contribution is 6.51. The molecule has 1 atom stereocenters. The minimum Gasteiger partial charge on any atom is -0.508 e. The van der Waals surface area contributed by atoms with Crippen LogP contribution in [0.15, 0.2) is 72.3 Å². The molecule has 168 valence electrons. The van der Waals surface area contributed by atoms with E-state index < -0.39 is 17.7 Å². The molecule has 0 aliphatic carbocycles. The summed E-state index contributed by atoms with van der Waals surface area (Å²) >= 11 is 0. The summed E-state index contributed by atoms with van der Waals surface area (Å²) < 4.78 is 5.45. The van der Waals surface area contributed by atoms with E-state index in [0.29, 0.717) is 29.2 Å². The monoisotopic (exact) mass is 443 g/mol. The van der Waals surface area contributed by atoms with Crippen LogP contribution in [0.4, 0.5) is 5.69 Å². The second-order valence-corrected chi connectivity index (χ2v) is 8.01. The quantitative estimate of drug-likeness (QED) is 0.328. The molecule has 1 saturated heterocycles. The number of rotatable bonds is 5. The number of phenols is 1. The number of ether oxygens (including phenoxy) is 1. The number of hydrogen-bond acceptors (Lipinski definition) is 5. The first-order valence-electron chi connectivity index (χ1n) is 10.7. The van der Waals surface area contributed by atoms with Crippen LogP contribution in [0.5, 0.6) is 11.5 Å². The molecule has 1 aliphatic rings. The molecule has 1 amide bonds. The number of ketones is 1. The molecule has 6 nitrogen and oxygen atoms in total. The van der Waals surface area contributed by atoms with Gasteiger partial charge < -0.3 is 14.9 Å². The normalized spacial score (nSPS) is 17.4. The molecule has 2 N–H and O–H groups in total. The Balaban J connectivity index is 1.92. The molecule has 1 fully saturated rings. The predicted octanol–water partition coefficient (Wildman–Crippen LogP) is 5.03. The van der Waals surface area contributed by atoms with E-state index in [2.05, 4.69) is 0 Å². The van der Waals surface area contributed by atoms with Crippen LogP contribution < -0.4 is 9.64 Å². The highest BCUT2D eigenvalue weighted by Crippen LogP contribution is 2.43. The molecule has 33 heavy (non-hydrogen) atoms. The van der Waals surface area contributed by atoms with Gasteiger partial charge in [-0.15, -0.1) is 0 Å². The van der Waals surface area contributed by atoms with Gasteiger partial charge in [-0.25, -0.2) is 0 Å². The number of aromatic hydroxyl groups is 1. The minimum atomic E-state index is -0.849. The van der Waals surface area contributed by atoms with Crippen molar-refractivity contribution in [1.29, 1.82) is 0 Å². The van der Waals surface area contributed by atoms with E-state index >= 15 is 0 Å². The molecule has 0 spiro atoms. The lowest BCUT2D eigenvalue weighted by Gasteiger charge is -2.27. The summed E-state index contributed by atoms with van der Waals surface area (Å²) in [6, 6.07) is 17.8. The zero-order valence-electron chi connectivity index (χ0n) is 18.7. The van der Waals surface area contributed by atoms with Crippen molar-refractivity contribution < 1.29 is 24.5 Å². The van der Waals surface area contributed by atoms with Gasteiger partial charge in [0, 0.05) is 11.3 Å². The van der Waals surface area contributed by atoms with Gasteiger partial charge in [-0.1, -0.05) is 24.3 Å². The highest BCUT2D eigenvalue weighted by Gasteiger charge is 2.47. The Morgan fingerprint density at radius 2 is 1.64 bits per heavy atom. The molecule has 3 aromatic rings. The van der Waals surface area contributed by atoms with Crippen LogP contribution >= 0.6 is 0 Å². The first-order valence-corrected chi connectivity index (χ1v) is 10.7. The first kappa shape index (κ1) is 22.1. The number of anilines is 1. The molecular formula is C27H25NO5. The van der Waals surface area contributed by atoms with Crippen molar-refractivity contribution in [2.75, 3.05) is 11.5 Å². The number of aliphatic hydroxyl groups excluding tert-OH is 1. The van der Waals surface area contributed by atoms with Crippen molar-refractivity contribution in [1.82, 2.24) is 0 Å². The lowest BCUT2D eigenvalue weighted by atomic mass is 9.94. The third-order valence-electron chi connectivity index (χ3n) is 5.72. The molecule has 1 aliphatic heterocycles. The third-order valence-corrected chi connectivity index (χ3v) is 5.72. The van der Waals surface area contributed by atoms with Gasteiger partial charge in [-0.05, 0) is 79.9 Å². The van der Waals surface area contributed by atoms with Crippen LogP contribution in [0, 0.1) is 13.8 Å². The number of carbonyl (C=O) groups excluding carboxylic acids is 2. The molecule has 4 rings (SSSR count). The molecular weight excluding hydrogens is 418 g/mol. The van der Waals surface area contributed by atoms with Crippen molar-refractivity contribution in [3.05, 3.63) is 94.6 Å². The van der Waals surface area contributed by atoms with Crippen molar-refractivity contribution in [2.45, 2.75) is 26.8 Å². The number of hydrogen-bond donors (Lipinski definition) is 2. The summed E-state index contributed by atoms with van der Waals surface area (Å²) in [5.41, 5.74) is 3.36. The van der Waals surface area contributed by atoms with Gasteiger partial charge in [0.25, 0.3) is 11.7 Å². The van der Waals surface area contributed by atoms with Gasteiger partial charge >= 0.3 is 0 Å². The summed E-state index contributed by atoms with van der Waals surface area (Å²) in [4.78, 5) is 27.9. The molecule has 0 radical (unpaired) electrons. The van der Waals surface area contributed by atoms with E-state index in [1.807, 2.05) is 39.0 Å². The zero-order chi connectivity index (χ0) is 23.7. The number of benzene rings is 3. The molecule has 1 unspecified atom stereocenters. The van der Waals surface area contributed by atoms with Crippen molar-refractivity contribution in [2.24, 2.45) is 0 Å². The number of Topliss-reactive ketones (excluding diaryl/α,β-unsaturated/α-hetero) is 1. The predicted molar refractivity (Wildman–Crippen MR) is 126 cm³/mol. The second-order valence-electron chi connectivity index (χ2n) is 8.01. The fourth-order valence-electron chi connectivity index (χ4n) is 4.06. The Hall–Kier alpha value is -4.06. The van der Waals surface area contributed by atoms with E-state index in [1.165, 1.54) is 17.0 Å². The Kier molecular flexibility index (Phi) is 5.92. The molecule has 0 aromatic heterocycles. The van der Waals surface area contributed by atoms with E-state index in [0.717, 1.165) is 11.1 Å². The number of amides is 1. The van der Waals surface area contributed by atoms with E-state index in [4.69, 9.17) is 4.74 Å². The van der Waals surface area contributed by atoms with E-state index in [9.17, 15) is 19.8 Å². The van der Waals surface area contributed by atoms with Gasteiger partial charge in [0.2, 0.25) is 0 Å². The first-order chi connectivity index (χ1) is 15.8. The summed E-state index contributed by atoms with van der Waals surface area (Å²) in [6.45, 7) is 6.16. The average Bonchev–Trinajstić information content (AvgIpc) is 3.07. The van der Waals surface area contributed by atoms with Crippen LogP contribution in [-0.2, 0) is 9.59 Å². The van der Waals surface area contributed by atoms with Gasteiger partial charge in [-0.3, -0.25) is 14.5 Å². The maximum Gasteiger partial charge on any atom is 0.300 e. The zero-order valence-corrected chi connectivity index (χ0v) is 18.7. The summed E-state index contributed by atoms with van der Waals surface area (Å²) in [5, 5.41) is 21.0. The maximum atomic E-state index is 13.3. The second kappa shape index (κ2) is 8.82. The molecule has 0 saturated carbocycles. The van der Waals surface area contributed by atoms with Crippen molar-refractivity contribution >= 4 is 23.1 Å². The summed E-state index contributed by atoms with van der Waals surface area (Å²) in [6.07, 6.45) is 0. The summed E-state index contributed by atoms with van der Waals surface area (Å²) in [7, 11) is 0. The van der Waals surface area contributed by atoms with Gasteiger partial charge in [0.1, 0.15) is 17.3 Å². The van der Waals surface area contributed by atoms with Crippen LogP contribution in [0.2, 0.25) is 0 Å². The molecule has 6 heteroatoms. The van der Waals surface area contributed by atoms with Gasteiger partial charge in [-0.2, -0.15) is 0 Å². The van der Waals surface area contributed by atoms with Gasteiger partial charge in [0.15, 0.2) is 0 Å². The standard InChI is InChI=1S/C27H25NO5/c1-4-33-21-13-9-19(10-14-21)25(30)23-24(18-7-11-20(29)12-8-18)28(27(32)26(23)31)22-15-16(2)5-6-17(22)3/h5-15,24,29-30H,4H2,1-3H3/b25-23+. The maximum absolute atomic E-state index is 13.3. The Morgan fingerprint density at radius 3 is 2.27 bits per heavy atom. The Morgan fingerprint density at radius 1 is 0.970 bits per heavy atom. The Labute approximate surface area is 192 Å². The number of phenolic OH excluding ortho intramolecular Hbond substituents is 1. The smallest absolute Gasteiger partial charge is 0.300 e. The fourth-order valence-corrected chi connectivity index (χ4v) is 4.06. The third kappa shape index (κ3) is 4.07.